The number of sulfonamides is 1. The van der Waals surface area contributed by atoms with Crippen molar-refractivity contribution in [1.82, 2.24) is 0 Å². The van der Waals surface area contributed by atoms with Crippen LogP contribution in [-0.2, 0) is 19.5 Å². The van der Waals surface area contributed by atoms with Gasteiger partial charge in [0.2, 0.25) is 0 Å². The van der Waals surface area contributed by atoms with Crippen LogP contribution in [0.25, 0.3) is 4.85 Å². The summed E-state index contributed by atoms with van der Waals surface area (Å²) in [5, 5.41) is 0. The Morgan fingerprint density at radius 2 is 1.77 bits per heavy atom. The summed E-state index contributed by atoms with van der Waals surface area (Å²) in [4.78, 5) is 4.18. The summed E-state index contributed by atoms with van der Waals surface area (Å²) >= 11 is 0. The number of ether oxygens (including phenoxy) is 2. The van der Waals surface area contributed by atoms with E-state index in [-0.39, 0.29) is 10.8 Å². The van der Waals surface area contributed by atoms with Crippen LogP contribution >= 0.6 is 0 Å². The lowest BCUT2D eigenvalue weighted by Gasteiger charge is -2.44. The van der Waals surface area contributed by atoms with Crippen LogP contribution in [0.4, 0.5) is 5.69 Å². The highest BCUT2D eigenvalue weighted by molar-refractivity contribution is 7.92. The fourth-order valence-corrected chi connectivity index (χ4v) is 7.17. The molecule has 2 fully saturated rings. The molecule has 1 aliphatic carbocycles. The van der Waals surface area contributed by atoms with Crippen LogP contribution in [-0.4, -0.2) is 33.5 Å². The van der Waals surface area contributed by atoms with Crippen LogP contribution in [0.5, 0.6) is 0 Å². The third-order valence-corrected chi connectivity index (χ3v) is 8.67. The molecule has 0 unspecified atom stereocenters. The average molecular weight is 439 g/mol. The zero-order valence-electron chi connectivity index (χ0n) is 17.5. The van der Waals surface area contributed by atoms with Gasteiger partial charge in [0.05, 0.1) is 29.4 Å². The van der Waals surface area contributed by atoms with Gasteiger partial charge in [-0.15, -0.1) is 0 Å². The molecule has 2 aromatic carbocycles. The Hall–Kier alpha value is -2.40. The summed E-state index contributed by atoms with van der Waals surface area (Å²) in [6.45, 7) is 10.9. The topological polar surface area (TPSA) is 60.2 Å². The Morgan fingerprint density at radius 3 is 2.48 bits per heavy atom. The summed E-state index contributed by atoms with van der Waals surface area (Å²) in [6, 6.07) is 13.1. The molecule has 1 saturated carbocycles. The van der Waals surface area contributed by atoms with Crippen LogP contribution in [0.2, 0.25) is 0 Å². The first-order valence-electron chi connectivity index (χ1n) is 10.8. The Morgan fingerprint density at radius 1 is 1.06 bits per heavy atom. The smallest absolute Gasteiger partial charge is 0.272 e. The molecule has 0 radical (unpaired) electrons. The Kier molecular flexibility index (Phi) is 5.04. The van der Waals surface area contributed by atoms with Crippen LogP contribution in [0.3, 0.4) is 0 Å². The molecule has 31 heavy (non-hydrogen) atoms. The highest BCUT2D eigenvalue weighted by Gasteiger charge is 2.60. The summed E-state index contributed by atoms with van der Waals surface area (Å²) in [5.74, 6) is -1.02. The average Bonchev–Trinajstić information content (AvgIpc) is 3.37. The second kappa shape index (κ2) is 7.63. The number of rotatable bonds is 3. The number of anilines is 1. The first-order valence-corrected chi connectivity index (χ1v) is 12.3. The van der Waals surface area contributed by atoms with E-state index in [0.29, 0.717) is 18.9 Å². The van der Waals surface area contributed by atoms with E-state index < -0.39 is 27.9 Å². The minimum absolute atomic E-state index is 0.213. The Balaban J connectivity index is 1.68. The van der Waals surface area contributed by atoms with Crippen molar-refractivity contribution in [3.63, 3.8) is 0 Å². The molecule has 0 aromatic heterocycles. The van der Waals surface area contributed by atoms with Crippen LogP contribution in [0, 0.1) is 19.4 Å². The van der Waals surface area contributed by atoms with Gasteiger partial charge in [0.25, 0.3) is 16.1 Å². The largest absolute Gasteiger partial charge is 0.347 e. The molecule has 0 bridgehead atoms. The molecule has 2 aliphatic heterocycles. The van der Waals surface area contributed by atoms with Crippen molar-refractivity contribution in [2.45, 2.75) is 55.4 Å². The van der Waals surface area contributed by atoms with E-state index in [0.717, 1.165) is 36.8 Å². The minimum Gasteiger partial charge on any atom is -0.347 e. The van der Waals surface area contributed by atoms with Gasteiger partial charge in [-0.2, -0.15) is 0 Å². The third kappa shape index (κ3) is 3.16. The van der Waals surface area contributed by atoms with E-state index in [1.54, 1.807) is 12.1 Å². The summed E-state index contributed by atoms with van der Waals surface area (Å²) < 4.78 is 41.7. The maximum Gasteiger partial charge on any atom is 0.272 e. The van der Waals surface area contributed by atoms with E-state index in [9.17, 15) is 8.42 Å². The molecule has 1 saturated heterocycles. The Bertz CT molecular complexity index is 1120. The number of benzene rings is 2. The maximum absolute atomic E-state index is 14.0. The van der Waals surface area contributed by atoms with Crippen LogP contribution in [0.15, 0.2) is 53.4 Å². The van der Waals surface area contributed by atoms with E-state index in [2.05, 4.69) is 4.85 Å². The fourth-order valence-electron chi connectivity index (χ4n) is 5.45. The van der Waals surface area contributed by atoms with Crippen molar-refractivity contribution in [3.8, 4) is 0 Å². The molecule has 7 heteroatoms. The summed E-state index contributed by atoms with van der Waals surface area (Å²) in [5.41, 5.74) is 2.35. The quantitative estimate of drug-likeness (QED) is 0.664. The molecule has 0 amide bonds. The molecule has 3 atom stereocenters. The van der Waals surface area contributed by atoms with Gasteiger partial charge in [0.15, 0.2) is 5.79 Å². The van der Waals surface area contributed by atoms with Crippen LogP contribution in [0.1, 0.15) is 42.9 Å². The molecule has 162 valence electrons. The predicted molar refractivity (Wildman–Crippen MR) is 117 cm³/mol. The zero-order chi connectivity index (χ0) is 21.6. The zero-order valence-corrected chi connectivity index (χ0v) is 18.3. The highest BCUT2D eigenvalue weighted by atomic mass is 32.2. The molecular formula is C24H26N2O4S. The number of aryl methyl sites for hydroxylation is 1. The fraction of sp³-hybridized carbons (Fsp3) is 0.458. The SMILES string of the molecule is [C-]#[N+][C@@H]1c2ccccc2N(S(=O)(=O)c2ccc(C)cc2)[C@H]1[C@H]1CCCCC12OCCO2. The molecular weight excluding hydrogens is 412 g/mol. The normalized spacial score (nSPS) is 27.2. The van der Waals surface area contributed by atoms with Crippen molar-refractivity contribution >= 4 is 15.7 Å². The lowest BCUT2D eigenvalue weighted by molar-refractivity contribution is -0.216. The molecule has 6 nitrogen and oxygen atoms in total. The van der Waals surface area contributed by atoms with Gasteiger partial charge < -0.3 is 14.3 Å². The van der Waals surface area contributed by atoms with Gasteiger partial charge in [-0.3, -0.25) is 4.31 Å². The van der Waals surface area contributed by atoms with Crippen molar-refractivity contribution in [2.75, 3.05) is 17.5 Å². The molecule has 1 spiro atoms. The number of fused-ring (bicyclic) bond motifs is 1. The standard InChI is InChI=1S/C24H26N2O4S/c1-17-10-12-18(13-11-17)31(27,28)26-21-9-4-3-7-19(21)22(25-2)23(26)20-8-5-6-14-24(20)29-15-16-30-24/h3-4,7,9-13,20,22-23H,5-6,8,14-16H2,1H3/t20-,22-,23+/m1/s1. The predicted octanol–water partition coefficient (Wildman–Crippen LogP) is 4.47. The first kappa shape index (κ1) is 20.5. The monoisotopic (exact) mass is 438 g/mol. The van der Waals surface area contributed by atoms with Gasteiger partial charge in [-0.1, -0.05) is 36.2 Å². The summed E-state index contributed by atoms with van der Waals surface area (Å²) in [7, 11) is -3.88. The van der Waals surface area contributed by atoms with Crippen molar-refractivity contribution in [2.24, 2.45) is 5.92 Å². The lowest BCUT2D eigenvalue weighted by atomic mass is 9.76. The molecule has 2 aromatic rings. The van der Waals surface area contributed by atoms with E-state index >= 15 is 0 Å². The molecule has 0 N–H and O–H groups in total. The van der Waals surface area contributed by atoms with Crippen molar-refractivity contribution in [1.29, 1.82) is 0 Å². The van der Waals surface area contributed by atoms with Gasteiger partial charge in [-0.25, -0.2) is 15.0 Å². The van der Waals surface area contributed by atoms with Gasteiger partial charge in [-0.05, 0) is 44.0 Å². The van der Waals surface area contributed by atoms with E-state index in [1.165, 1.54) is 4.31 Å². The summed E-state index contributed by atoms with van der Waals surface area (Å²) in [6.07, 6.45) is 3.44. The van der Waals surface area contributed by atoms with Gasteiger partial charge >= 0.3 is 0 Å². The molecule has 2 heterocycles. The van der Waals surface area contributed by atoms with Gasteiger partial charge in [0.1, 0.15) is 6.04 Å². The highest BCUT2D eigenvalue weighted by Crippen LogP contribution is 2.53. The second-order valence-corrected chi connectivity index (χ2v) is 10.4. The lowest BCUT2D eigenvalue weighted by Crippen LogP contribution is -2.54. The Labute approximate surface area is 183 Å². The van der Waals surface area contributed by atoms with Gasteiger partial charge in [0, 0.05) is 12.3 Å². The number of para-hydroxylation sites is 1. The second-order valence-electron chi connectivity index (χ2n) is 8.60. The third-order valence-electron chi connectivity index (χ3n) is 6.85. The molecule has 3 aliphatic rings. The molecule has 5 rings (SSSR count). The van der Waals surface area contributed by atoms with E-state index in [4.69, 9.17) is 16.0 Å². The number of nitrogens with zero attached hydrogens (tertiary/aromatic N) is 2. The minimum atomic E-state index is -3.88. The number of hydrogen-bond acceptors (Lipinski definition) is 4. The van der Waals surface area contributed by atoms with Crippen LogP contribution < -0.4 is 4.31 Å². The van der Waals surface area contributed by atoms with Crippen molar-refractivity contribution < 1.29 is 17.9 Å². The van der Waals surface area contributed by atoms with E-state index in [1.807, 2.05) is 43.3 Å². The van der Waals surface area contributed by atoms with Crippen molar-refractivity contribution in [3.05, 3.63) is 71.1 Å². The first-order chi connectivity index (χ1) is 15.0. The maximum atomic E-state index is 14.0. The number of hydrogen-bond donors (Lipinski definition) is 0.